The van der Waals surface area contributed by atoms with E-state index in [4.69, 9.17) is 4.52 Å². The predicted octanol–water partition coefficient (Wildman–Crippen LogP) is 4.49. The average molecular weight is 415 g/mol. The van der Waals surface area contributed by atoms with Crippen LogP contribution in [-0.4, -0.2) is 38.0 Å². The molecule has 3 aromatic heterocycles. The number of carbonyl (C=O) groups excluding carboxylic acids is 1. The molecule has 0 spiro atoms. The Hall–Kier alpha value is -4.07. The summed E-state index contributed by atoms with van der Waals surface area (Å²) >= 11 is 0. The molecule has 5 aromatic rings. The molecule has 8 heteroatoms. The van der Waals surface area contributed by atoms with Gasteiger partial charge in [0.25, 0.3) is 11.6 Å². The lowest BCUT2D eigenvalue weighted by molar-refractivity contribution is 0.0784. The summed E-state index contributed by atoms with van der Waals surface area (Å²) in [7, 11) is 1.71. The maximum atomic E-state index is 13.4. The van der Waals surface area contributed by atoms with Crippen LogP contribution < -0.4 is 0 Å². The van der Waals surface area contributed by atoms with Gasteiger partial charge in [0.05, 0.1) is 39.9 Å². The highest BCUT2D eigenvalue weighted by atomic mass is 19.1. The fourth-order valence-electron chi connectivity index (χ4n) is 3.61. The van der Waals surface area contributed by atoms with Gasteiger partial charge in [-0.15, -0.1) is 0 Å². The summed E-state index contributed by atoms with van der Waals surface area (Å²) < 4.78 is 18.7. The number of amides is 1. The van der Waals surface area contributed by atoms with Gasteiger partial charge in [-0.2, -0.15) is 0 Å². The number of aryl methyl sites for hydroxylation is 1. The fourth-order valence-corrected chi connectivity index (χ4v) is 3.61. The molecule has 7 nitrogen and oxygen atoms in total. The van der Waals surface area contributed by atoms with Gasteiger partial charge in [-0.25, -0.2) is 14.4 Å². The smallest absolute Gasteiger partial charge is 0.259 e. The van der Waals surface area contributed by atoms with E-state index in [1.54, 1.807) is 37.1 Å². The molecule has 0 fully saturated rings. The maximum absolute atomic E-state index is 13.4. The number of benzene rings is 2. The van der Waals surface area contributed by atoms with Gasteiger partial charge in [0.15, 0.2) is 0 Å². The SMILES string of the molecule is Cc1noc2nc(-c3ccc(F)cc3)cc(C(=O)N(C)Cc3nc4ccccc4[nH]3)c12. The van der Waals surface area contributed by atoms with Crippen LogP contribution >= 0.6 is 0 Å². The summed E-state index contributed by atoms with van der Waals surface area (Å²) in [4.78, 5) is 27.2. The van der Waals surface area contributed by atoms with Gasteiger partial charge in [0, 0.05) is 12.6 Å². The van der Waals surface area contributed by atoms with E-state index in [1.807, 2.05) is 24.3 Å². The molecule has 1 N–H and O–H groups in total. The molecule has 5 rings (SSSR count). The number of H-pyrrole nitrogens is 1. The first kappa shape index (κ1) is 18.9. The summed E-state index contributed by atoms with van der Waals surface area (Å²) in [5.74, 6) is 0.118. The molecule has 0 saturated carbocycles. The van der Waals surface area contributed by atoms with Crippen molar-refractivity contribution < 1.29 is 13.7 Å². The molecule has 0 aliphatic rings. The van der Waals surface area contributed by atoms with Crippen molar-refractivity contribution in [2.45, 2.75) is 13.5 Å². The zero-order chi connectivity index (χ0) is 21.5. The number of hydrogen-bond donors (Lipinski definition) is 1. The summed E-state index contributed by atoms with van der Waals surface area (Å²) in [6.07, 6.45) is 0. The second kappa shape index (κ2) is 7.32. The Morgan fingerprint density at radius 2 is 1.90 bits per heavy atom. The Morgan fingerprint density at radius 1 is 1.13 bits per heavy atom. The molecule has 2 aromatic carbocycles. The lowest BCUT2D eigenvalue weighted by Crippen LogP contribution is -2.27. The number of para-hydroxylation sites is 2. The standard InChI is InChI=1S/C23H18FN5O2/c1-13-21-16(11-19(27-22(21)31-28-13)14-7-9-15(24)10-8-14)23(30)29(2)12-20-25-17-5-3-4-6-18(17)26-20/h3-11H,12H2,1-2H3,(H,25,26). The van der Waals surface area contributed by atoms with Crippen LogP contribution in [0.2, 0.25) is 0 Å². The van der Waals surface area contributed by atoms with Crippen LogP contribution in [-0.2, 0) is 6.54 Å². The van der Waals surface area contributed by atoms with Crippen molar-refractivity contribution in [3.8, 4) is 11.3 Å². The largest absolute Gasteiger partial charge is 0.340 e. The summed E-state index contributed by atoms with van der Waals surface area (Å²) in [6.45, 7) is 2.06. The number of hydrogen-bond acceptors (Lipinski definition) is 5. The van der Waals surface area contributed by atoms with Crippen molar-refractivity contribution in [3.63, 3.8) is 0 Å². The number of aromatic nitrogens is 4. The molecular formula is C23H18FN5O2. The van der Waals surface area contributed by atoms with Crippen LogP contribution in [0.25, 0.3) is 33.4 Å². The minimum Gasteiger partial charge on any atom is -0.340 e. The zero-order valence-corrected chi connectivity index (χ0v) is 16.9. The third-order valence-corrected chi connectivity index (χ3v) is 5.16. The zero-order valence-electron chi connectivity index (χ0n) is 16.9. The molecular weight excluding hydrogens is 397 g/mol. The molecule has 31 heavy (non-hydrogen) atoms. The van der Waals surface area contributed by atoms with Crippen molar-refractivity contribution in [1.29, 1.82) is 0 Å². The van der Waals surface area contributed by atoms with Crippen LogP contribution in [0.1, 0.15) is 21.9 Å². The van der Waals surface area contributed by atoms with Crippen molar-refractivity contribution in [2.75, 3.05) is 7.05 Å². The van der Waals surface area contributed by atoms with Crippen molar-refractivity contribution in [2.24, 2.45) is 0 Å². The first-order valence-electron chi connectivity index (χ1n) is 9.71. The van der Waals surface area contributed by atoms with Crippen LogP contribution in [0.15, 0.2) is 59.1 Å². The highest BCUT2D eigenvalue weighted by Gasteiger charge is 2.22. The van der Waals surface area contributed by atoms with Gasteiger partial charge in [0.1, 0.15) is 11.6 Å². The number of fused-ring (bicyclic) bond motifs is 2. The molecule has 0 bridgehead atoms. The van der Waals surface area contributed by atoms with Crippen LogP contribution in [0.3, 0.4) is 0 Å². The summed E-state index contributed by atoms with van der Waals surface area (Å²) in [6, 6.07) is 15.3. The number of nitrogens with zero attached hydrogens (tertiary/aromatic N) is 4. The number of pyridine rings is 1. The van der Waals surface area contributed by atoms with Gasteiger partial charge in [-0.3, -0.25) is 4.79 Å². The fraction of sp³-hybridized carbons (Fsp3) is 0.130. The molecule has 0 aliphatic carbocycles. The normalized spacial score (nSPS) is 11.3. The lowest BCUT2D eigenvalue weighted by Gasteiger charge is -2.17. The first-order valence-corrected chi connectivity index (χ1v) is 9.71. The first-order chi connectivity index (χ1) is 15.0. The van der Waals surface area contributed by atoms with E-state index in [-0.39, 0.29) is 17.4 Å². The number of imidazole rings is 1. The number of carbonyl (C=O) groups is 1. The third-order valence-electron chi connectivity index (χ3n) is 5.16. The predicted molar refractivity (Wildman–Crippen MR) is 114 cm³/mol. The molecule has 0 aliphatic heterocycles. The van der Waals surface area contributed by atoms with Crippen molar-refractivity contribution in [3.05, 3.63) is 77.5 Å². The van der Waals surface area contributed by atoms with Gasteiger partial charge < -0.3 is 14.4 Å². The Labute approximate surface area is 176 Å². The van der Waals surface area contributed by atoms with Crippen molar-refractivity contribution >= 4 is 28.0 Å². The molecule has 1 amide bonds. The number of rotatable bonds is 4. The monoisotopic (exact) mass is 415 g/mol. The third kappa shape index (κ3) is 3.42. The Bertz CT molecular complexity index is 1390. The van der Waals surface area contributed by atoms with Crippen LogP contribution in [0, 0.1) is 12.7 Å². The molecule has 154 valence electrons. The van der Waals surface area contributed by atoms with Crippen LogP contribution in [0.5, 0.6) is 0 Å². The quantitative estimate of drug-likeness (QED) is 0.467. The van der Waals surface area contributed by atoms with E-state index in [0.29, 0.717) is 40.3 Å². The Morgan fingerprint density at radius 3 is 2.68 bits per heavy atom. The highest BCUT2D eigenvalue weighted by Crippen LogP contribution is 2.28. The lowest BCUT2D eigenvalue weighted by atomic mass is 10.0. The highest BCUT2D eigenvalue weighted by molar-refractivity contribution is 6.06. The van der Waals surface area contributed by atoms with E-state index in [1.165, 1.54) is 12.1 Å². The minimum atomic E-state index is -0.345. The molecule has 0 saturated heterocycles. The average Bonchev–Trinajstić information content (AvgIpc) is 3.36. The van der Waals surface area contributed by atoms with Gasteiger partial charge in [0.2, 0.25) is 0 Å². The van der Waals surface area contributed by atoms with Gasteiger partial charge >= 0.3 is 0 Å². The molecule has 0 atom stereocenters. The summed E-state index contributed by atoms with van der Waals surface area (Å²) in [5, 5.41) is 4.54. The second-order valence-electron chi connectivity index (χ2n) is 7.37. The van der Waals surface area contributed by atoms with Crippen molar-refractivity contribution in [1.82, 2.24) is 25.0 Å². The Balaban J connectivity index is 1.53. The van der Waals surface area contributed by atoms with E-state index in [9.17, 15) is 9.18 Å². The number of aromatic amines is 1. The number of nitrogens with one attached hydrogen (secondary N) is 1. The minimum absolute atomic E-state index is 0.220. The summed E-state index contributed by atoms with van der Waals surface area (Å²) in [5.41, 5.74) is 4.20. The van der Waals surface area contributed by atoms with Gasteiger partial charge in [-0.05, 0) is 49.4 Å². The number of halogens is 1. The topological polar surface area (TPSA) is 87.9 Å². The van der Waals surface area contributed by atoms with E-state index in [2.05, 4.69) is 20.1 Å². The maximum Gasteiger partial charge on any atom is 0.259 e. The molecule has 0 radical (unpaired) electrons. The Kier molecular flexibility index (Phi) is 4.47. The molecule has 0 unspecified atom stereocenters. The van der Waals surface area contributed by atoms with E-state index in [0.717, 1.165) is 11.0 Å². The van der Waals surface area contributed by atoms with Crippen LogP contribution in [0.4, 0.5) is 4.39 Å². The van der Waals surface area contributed by atoms with E-state index < -0.39 is 0 Å². The second-order valence-corrected chi connectivity index (χ2v) is 7.37. The van der Waals surface area contributed by atoms with E-state index >= 15 is 0 Å². The van der Waals surface area contributed by atoms with Gasteiger partial charge in [-0.1, -0.05) is 17.3 Å². The molecule has 3 heterocycles.